The van der Waals surface area contributed by atoms with E-state index in [2.05, 4.69) is 49.9 Å². The Morgan fingerprint density at radius 3 is 2.30 bits per heavy atom. The number of fused-ring (bicyclic) bond motifs is 1. The highest BCUT2D eigenvalue weighted by Gasteiger charge is 2.24. The molecule has 0 fully saturated rings. The fraction of sp³-hybridized carbons (Fsp3) is 0.529. The summed E-state index contributed by atoms with van der Waals surface area (Å²) in [4.78, 5) is 9.10. The summed E-state index contributed by atoms with van der Waals surface area (Å²) in [5, 5.41) is 3.59. The number of para-hydroxylation sites is 2. The standard InChI is InChI=1S/C17H25N3/c1-16(2,3)12-17(4,5)19-11-13-10-18-14-8-6-7-9-15(14)20-13/h6-10,19H,11-12H2,1-5H3. The predicted molar refractivity (Wildman–Crippen MR) is 84.5 cm³/mol. The maximum Gasteiger partial charge on any atom is 0.0890 e. The molecular formula is C17H25N3. The van der Waals surface area contributed by atoms with E-state index in [1.54, 1.807) is 0 Å². The van der Waals surface area contributed by atoms with Gasteiger partial charge in [0.05, 0.1) is 22.9 Å². The van der Waals surface area contributed by atoms with E-state index in [1.807, 2.05) is 30.5 Å². The summed E-state index contributed by atoms with van der Waals surface area (Å²) < 4.78 is 0. The van der Waals surface area contributed by atoms with Crippen molar-refractivity contribution in [3.63, 3.8) is 0 Å². The lowest BCUT2D eigenvalue weighted by Crippen LogP contribution is -2.42. The van der Waals surface area contributed by atoms with Gasteiger partial charge in [0.1, 0.15) is 0 Å². The van der Waals surface area contributed by atoms with Gasteiger partial charge in [0.15, 0.2) is 0 Å². The third-order valence-corrected chi connectivity index (χ3v) is 3.22. The van der Waals surface area contributed by atoms with E-state index in [0.29, 0.717) is 5.41 Å². The van der Waals surface area contributed by atoms with Crippen LogP contribution in [0.5, 0.6) is 0 Å². The summed E-state index contributed by atoms with van der Waals surface area (Å²) in [6.07, 6.45) is 2.98. The smallest absolute Gasteiger partial charge is 0.0890 e. The van der Waals surface area contributed by atoms with E-state index < -0.39 is 0 Å². The molecule has 0 bridgehead atoms. The summed E-state index contributed by atoms with van der Waals surface area (Å²) in [6.45, 7) is 12.0. The molecule has 108 valence electrons. The van der Waals surface area contributed by atoms with Crippen molar-refractivity contribution in [3.05, 3.63) is 36.2 Å². The molecule has 1 N–H and O–H groups in total. The number of benzene rings is 1. The molecule has 0 spiro atoms. The molecule has 2 rings (SSSR count). The highest BCUT2D eigenvalue weighted by molar-refractivity contribution is 5.73. The van der Waals surface area contributed by atoms with Crippen LogP contribution in [0.3, 0.4) is 0 Å². The third-order valence-electron chi connectivity index (χ3n) is 3.22. The van der Waals surface area contributed by atoms with Crippen LogP contribution in [0, 0.1) is 5.41 Å². The van der Waals surface area contributed by atoms with Gasteiger partial charge in [-0.05, 0) is 37.8 Å². The van der Waals surface area contributed by atoms with Crippen molar-refractivity contribution in [2.75, 3.05) is 0 Å². The molecule has 3 heteroatoms. The molecule has 3 nitrogen and oxygen atoms in total. The van der Waals surface area contributed by atoms with Gasteiger partial charge in [-0.1, -0.05) is 32.9 Å². The normalized spacial score (nSPS) is 12.8. The maximum atomic E-state index is 4.65. The Morgan fingerprint density at radius 2 is 1.65 bits per heavy atom. The number of rotatable bonds is 4. The van der Waals surface area contributed by atoms with Crippen LogP contribution >= 0.6 is 0 Å². The molecule has 0 radical (unpaired) electrons. The van der Waals surface area contributed by atoms with Crippen molar-refractivity contribution in [2.45, 2.75) is 53.1 Å². The Balaban J connectivity index is 2.05. The lowest BCUT2D eigenvalue weighted by Gasteiger charge is -2.33. The van der Waals surface area contributed by atoms with Gasteiger partial charge < -0.3 is 5.32 Å². The monoisotopic (exact) mass is 271 g/mol. The highest BCUT2D eigenvalue weighted by Crippen LogP contribution is 2.26. The molecule has 0 saturated heterocycles. The van der Waals surface area contributed by atoms with Crippen molar-refractivity contribution in [1.82, 2.24) is 15.3 Å². The first-order valence-corrected chi connectivity index (χ1v) is 7.21. The van der Waals surface area contributed by atoms with Gasteiger partial charge in [-0.25, -0.2) is 4.98 Å². The molecule has 0 saturated carbocycles. The van der Waals surface area contributed by atoms with Crippen molar-refractivity contribution in [1.29, 1.82) is 0 Å². The Morgan fingerprint density at radius 1 is 1.00 bits per heavy atom. The summed E-state index contributed by atoms with van der Waals surface area (Å²) >= 11 is 0. The third kappa shape index (κ3) is 4.27. The topological polar surface area (TPSA) is 37.8 Å². The number of hydrogen-bond acceptors (Lipinski definition) is 3. The number of aromatic nitrogens is 2. The van der Waals surface area contributed by atoms with E-state index in [9.17, 15) is 0 Å². The largest absolute Gasteiger partial charge is 0.306 e. The Labute approximate surface area is 121 Å². The lowest BCUT2D eigenvalue weighted by atomic mass is 9.82. The summed E-state index contributed by atoms with van der Waals surface area (Å²) in [5.41, 5.74) is 3.30. The molecule has 2 aromatic rings. The lowest BCUT2D eigenvalue weighted by molar-refractivity contribution is 0.240. The van der Waals surface area contributed by atoms with E-state index in [-0.39, 0.29) is 5.54 Å². The fourth-order valence-electron chi connectivity index (χ4n) is 2.80. The van der Waals surface area contributed by atoms with Gasteiger partial charge in [0.25, 0.3) is 0 Å². The maximum absolute atomic E-state index is 4.65. The first kappa shape index (κ1) is 14.9. The summed E-state index contributed by atoms with van der Waals surface area (Å²) in [6, 6.07) is 7.98. The number of hydrogen-bond donors (Lipinski definition) is 1. The van der Waals surface area contributed by atoms with Gasteiger partial charge in [0.2, 0.25) is 0 Å². The second-order valence-electron chi connectivity index (χ2n) is 7.32. The quantitative estimate of drug-likeness (QED) is 0.915. The molecular weight excluding hydrogens is 246 g/mol. The number of nitrogens with one attached hydrogen (secondary N) is 1. The zero-order valence-electron chi connectivity index (χ0n) is 13.2. The highest BCUT2D eigenvalue weighted by atomic mass is 15.0. The molecule has 0 aliphatic rings. The molecule has 0 unspecified atom stereocenters. The van der Waals surface area contributed by atoms with E-state index in [0.717, 1.165) is 29.7 Å². The number of nitrogens with zero attached hydrogens (tertiary/aromatic N) is 2. The molecule has 0 amide bonds. The molecule has 1 heterocycles. The van der Waals surface area contributed by atoms with Gasteiger partial charge in [-0.3, -0.25) is 4.98 Å². The van der Waals surface area contributed by atoms with Crippen molar-refractivity contribution < 1.29 is 0 Å². The van der Waals surface area contributed by atoms with E-state index in [1.165, 1.54) is 0 Å². The van der Waals surface area contributed by atoms with Crippen LogP contribution in [0.25, 0.3) is 11.0 Å². The average molecular weight is 271 g/mol. The minimum Gasteiger partial charge on any atom is -0.306 e. The van der Waals surface area contributed by atoms with E-state index in [4.69, 9.17) is 0 Å². The molecule has 0 aliphatic heterocycles. The van der Waals surface area contributed by atoms with Gasteiger partial charge in [0, 0.05) is 12.1 Å². The van der Waals surface area contributed by atoms with Crippen molar-refractivity contribution in [2.24, 2.45) is 5.41 Å². The minimum atomic E-state index is 0.0889. The van der Waals surface area contributed by atoms with Crippen LogP contribution in [0.4, 0.5) is 0 Å². The predicted octanol–water partition coefficient (Wildman–Crippen LogP) is 3.93. The molecule has 20 heavy (non-hydrogen) atoms. The second kappa shape index (κ2) is 5.49. The van der Waals surface area contributed by atoms with Gasteiger partial charge in [-0.15, -0.1) is 0 Å². The van der Waals surface area contributed by atoms with Crippen molar-refractivity contribution >= 4 is 11.0 Å². The molecule has 0 aliphatic carbocycles. The molecule has 0 atom stereocenters. The Kier molecular flexibility index (Phi) is 4.09. The molecule has 1 aromatic heterocycles. The van der Waals surface area contributed by atoms with Crippen LogP contribution in [0.2, 0.25) is 0 Å². The van der Waals surface area contributed by atoms with Crippen LogP contribution in [0.1, 0.15) is 46.7 Å². The van der Waals surface area contributed by atoms with Crippen molar-refractivity contribution in [3.8, 4) is 0 Å². The summed E-state index contributed by atoms with van der Waals surface area (Å²) in [5.74, 6) is 0. The zero-order chi connectivity index (χ0) is 14.8. The minimum absolute atomic E-state index is 0.0889. The molecule has 1 aromatic carbocycles. The Hall–Kier alpha value is -1.48. The Bertz CT molecular complexity index is 582. The second-order valence-corrected chi connectivity index (χ2v) is 7.32. The first-order chi connectivity index (χ1) is 9.25. The van der Waals surface area contributed by atoms with Gasteiger partial charge >= 0.3 is 0 Å². The van der Waals surface area contributed by atoms with Crippen LogP contribution in [-0.4, -0.2) is 15.5 Å². The first-order valence-electron chi connectivity index (χ1n) is 7.21. The van der Waals surface area contributed by atoms with E-state index >= 15 is 0 Å². The van der Waals surface area contributed by atoms with Crippen LogP contribution in [0.15, 0.2) is 30.5 Å². The van der Waals surface area contributed by atoms with Crippen LogP contribution < -0.4 is 5.32 Å². The average Bonchev–Trinajstić information content (AvgIpc) is 2.33. The van der Waals surface area contributed by atoms with Gasteiger partial charge in [-0.2, -0.15) is 0 Å². The fourth-order valence-corrected chi connectivity index (χ4v) is 2.80. The summed E-state index contributed by atoms with van der Waals surface area (Å²) in [7, 11) is 0. The SMILES string of the molecule is CC(C)(C)CC(C)(C)NCc1cnc2ccccc2n1. The van der Waals surface area contributed by atoms with Crippen LogP contribution in [-0.2, 0) is 6.54 Å². The zero-order valence-corrected chi connectivity index (χ0v) is 13.2.